The van der Waals surface area contributed by atoms with Gasteiger partial charge in [0.2, 0.25) is 0 Å². The van der Waals surface area contributed by atoms with E-state index in [2.05, 4.69) is 37.9 Å². The lowest BCUT2D eigenvalue weighted by atomic mass is 9.99. The van der Waals surface area contributed by atoms with Crippen LogP contribution >= 0.6 is 0 Å². The van der Waals surface area contributed by atoms with Crippen LogP contribution < -0.4 is 5.43 Å². The molecule has 0 aromatic carbocycles. The molecule has 0 aromatic rings. The molecule has 1 N–H and O–H groups in total. The van der Waals surface area contributed by atoms with Crippen molar-refractivity contribution >= 4 is 6.21 Å². The highest BCUT2D eigenvalue weighted by molar-refractivity contribution is 5.69. The third-order valence-electron chi connectivity index (χ3n) is 1.70. The Morgan fingerprint density at radius 3 is 2.67 bits per heavy atom. The van der Waals surface area contributed by atoms with Gasteiger partial charge in [-0.05, 0) is 26.3 Å². The van der Waals surface area contributed by atoms with E-state index in [-0.39, 0.29) is 5.54 Å². The van der Waals surface area contributed by atoms with Gasteiger partial charge in [-0.1, -0.05) is 26.3 Å². The van der Waals surface area contributed by atoms with E-state index in [0.717, 1.165) is 6.42 Å². The molecular formula is C10H20N2. The average Bonchev–Trinajstić information content (AvgIpc) is 2.01. The number of nitrogens with one attached hydrogen (secondary N) is 1. The summed E-state index contributed by atoms with van der Waals surface area (Å²) in [6.07, 6.45) is 6.97. The van der Waals surface area contributed by atoms with E-state index in [4.69, 9.17) is 0 Å². The highest BCUT2D eigenvalue weighted by atomic mass is 15.3. The maximum absolute atomic E-state index is 4.02. The first-order chi connectivity index (χ1) is 5.62. The second-order valence-electron chi connectivity index (χ2n) is 3.61. The lowest BCUT2D eigenvalue weighted by Crippen LogP contribution is -2.35. The Labute approximate surface area is 75.7 Å². The van der Waals surface area contributed by atoms with Gasteiger partial charge < -0.3 is 5.43 Å². The van der Waals surface area contributed by atoms with Crippen molar-refractivity contribution in [2.45, 2.75) is 45.6 Å². The second kappa shape index (κ2) is 5.81. The summed E-state index contributed by atoms with van der Waals surface area (Å²) >= 11 is 0. The summed E-state index contributed by atoms with van der Waals surface area (Å²) in [5, 5.41) is 4.02. The van der Waals surface area contributed by atoms with Gasteiger partial charge in [0.25, 0.3) is 0 Å². The van der Waals surface area contributed by atoms with E-state index in [1.54, 1.807) is 12.3 Å². The Bertz CT molecular complexity index is 148. The van der Waals surface area contributed by atoms with Crippen LogP contribution in [0.3, 0.4) is 0 Å². The maximum atomic E-state index is 4.02. The lowest BCUT2D eigenvalue weighted by Gasteiger charge is -2.23. The standard InChI is InChI=1S/C10H20N2/c1-5-7-8-10(3,4)12-11-9-6-2/h6,9,12H,2,5,7-8H2,1,3-4H3. The van der Waals surface area contributed by atoms with E-state index in [1.807, 2.05) is 0 Å². The van der Waals surface area contributed by atoms with Crippen LogP contribution in [0.1, 0.15) is 40.0 Å². The normalized spacial score (nSPS) is 11.9. The predicted octanol–water partition coefficient (Wildman–Crippen LogP) is 2.72. The molecule has 0 radical (unpaired) electrons. The SMILES string of the molecule is C=CC=NNC(C)(C)CCCC. The summed E-state index contributed by atoms with van der Waals surface area (Å²) in [6.45, 7) is 10.1. The van der Waals surface area contributed by atoms with Gasteiger partial charge in [0.05, 0.1) is 0 Å². The summed E-state index contributed by atoms with van der Waals surface area (Å²) in [4.78, 5) is 0. The van der Waals surface area contributed by atoms with Gasteiger partial charge in [0.1, 0.15) is 0 Å². The van der Waals surface area contributed by atoms with Crippen molar-refractivity contribution < 1.29 is 0 Å². The maximum Gasteiger partial charge on any atom is 0.0492 e. The van der Waals surface area contributed by atoms with E-state index in [9.17, 15) is 0 Å². The third-order valence-corrected chi connectivity index (χ3v) is 1.70. The molecule has 0 aromatic heterocycles. The Morgan fingerprint density at radius 2 is 2.17 bits per heavy atom. The molecule has 0 heterocycles. The van der Waals surface area contributed by atoms with Crippen LogP contribution in [0.2, 0.25) is 0 Å². The van der Waals surface area contributed by atoms with Crippen LogP contribution in [0.5, 0.6) is 0 Å². The molecule has 2 heteroatoms. The van der Waals surface area contributed by atoms with Crippen LogP contribution in [0.4, 0.5) is 0 Å². The molecule has 0 amide bonds. The van der Waals surface area contributed by atoms with Gasteiger partial charge >= 0.3 is 0 Å². The number of nitrogens with zero attached hydrogens (tertiary/aromatic N) is 1. The summed E-state index contributed by atoms with van der Waals surface area (Å²) in [6, 6.07) is 0. The Hall–Kier alpha value is -0.790. The summed E-state index contributed by atoms with van der Waals surface area (Å²) < 4.78 is 0. The monoisotopic (exact) mass is 168 g/mol. The molecule has 0 aliphatic carbocycles. The van der Waals surface area contributed by atoms with Crippen molar-refractivity contribution in [2.24, 2.45) is 5.10 Å². The number of hydrazone groups is 1. The van der Waals surface area contributed by atoms with E-state index >= 15 is 0 Å². The fraction of sp³-hybridized carbons (Fsp3) is 0.700. The molecule has 0 fully saturated rings. The summed E-state index contributed by atoms with van der Waals surface area (Å²) in [5.74, 6) is 0. The molecule has 0 aliphatic heterocycles. The van der Waals surface area contributed by atoms with Crippen molar-refractivity contribution in [1.82, 2.24) is 5.43 Å². The minimum atomic E-state index is 0.107. The molecule has 12 heavy (non-hydrogen) atoms. The largest absolute Gasteiger partial charge is 0.305 e. The van der Waals surface area contributed by atoms with Gasteiger partial charge in [-0.25, -0.2) is 0 Å². The highest BCUT2D eigenvalue weighted by Gasteiger charge is 2.14. The Morgan fingerprint density at radius 1 is 1.50 bits per heavy atom. The molecule has 0 spiro atoms. The van der Waals surface area contributed by atoms with Crippen molar-refractivity contribution in [3.05, 3.63) is 12.7 Å². The molecule has 0 unspecified atom stereocenters. The molecule has 0 saturated heterocycles. The zero-order valence-corrected chi connectivity index (χ0v) is 8.43. The minimum Gasteiger partial charge on any atom is -0.305 e. The smallest absolute Gasteiger partial charge is 0.0492 e. The molecule has 0 rings (SSSR count). The quantitative estimate of drug-likeness (QED) is 0.478. The zero-order chi connectivity index (χ0) is 9.45. The first-order valence-electron chi connectivity index (χ1n) is 4.53. The highest BCUT2D eigenvalue weighted by Crippen LogP contribution is 2.11. The first-order valence-corrected chi connectivity index (χ1v) is 4.53. The Balaban J connectivity index is 3.69. The molecule has 2 nitrogen and oxygen atoms in total. The molecular weight excluding hydrogens is 148 g/mol. The van der Waals surface area contributed by atoms with Crippen LogP contribution in [-0.2, 0) is 0 Å². The van der Waals surface area contributed by atoms with Gasteiger partial charge in [-0.3, -0.25) is 0 Å². The van der Waals surface area contributed by atoms with Gasteiger partial charge in [0, 0.05) is 11.8 Å². The summed E-state index contributed by atoms with van der Waals surface area (Å²) in [5.41, 5.74) is 3.20. The first kappa shape index (κ1) is 11.2. The second-order valence-corrected chi connectivity index (χ2v) is 3.61. The summed E-state index contributed by atoms with van der Waals surface area (Å²) in [7, 11) is 0. The number of rotatable bonds is 6. The van der Waals surface area contributed by atoms with Gasteiger partial charge in [-0.2, -0.15) is 5.10 Å². The molecule has 0 bridgehead atoms. The van der Waals surface area contributed by atoms with E-state index < -0.39 is 0 Å². The number of hydrogen-bond acceptors (Lipinski definition) is 2. The molecule has 0 saturated carbocycles. The lowest BCUT2D eigenvalue weighted by molar-refractivity contribution is 0.362. The molecule has 0 atom stereocenters. The van der Waals surface area contributed by atoms with Crippen LogP contribution in [-0.4, -0.2) is 11.8 Å². The van der Waals surface area contributed by atoms with Crippen LogP contribution in [0.25, 0.3) is 0 Å². The van der Waals surface area contributed by atoms with Gasteiger partial charge in [0.15, 0.2) is 0 Å². The average molecular weight is 168 g/mol. The van der Waals surface area contributed by atoms with Crippen molar-refractivity contribution in [2.75, 3.05) is 0 Å². The third kappa shape index (κ3) is 5.96. The number of unbranched alkanes of at least 4 members (excludes halogenated alkanes) is 1. The fourth-order valence-electron chi connectivity index (χ4n) is 0.939. The van der Waals surface area contributed by atoms with Crippen molar-refractivity contribution in [1.29, 1.82) is 0 Å². The zero-order valence-electron chi connectivity index (χ0n) is 8.43. The number of allylic oxidation sites excluding steroid dienone is 1. The molecule has 70 valence electrons. The van der Waals surface area contributed by atoms with Gasteiger partial charge in [-0.15, -0.1) is 0 Å². The van der Waals surface area contributed by atoms with E-state index in [0.29, 0.717) is 0 Å². The van der Waals surface area contributed by atoms with Crippen molar-refractivity contribution in [3.8, 4) is 0 Å². The van der Waals surface area contributed by atoms with Crippen LogP contribution in [0.15, 0.2) is 17.8 Å². The van der Waals surface area contributed by atoms with E-state index in [1.165, 1.54) is 12.8 Å². The predicted molar refractivity (Wildman–Crippen MR) is 55.4 cm³/mol. The Kier molecular flexibility index (Phi) is 5.43. The fourth-order valence-corrected chi connectivity index (χ4v) is 0.939. The molecule has 0 aliphatic rings. The van der Waals surface area contributed by atoms with Crippen molar-refractivity contribution in [3.63, 3.8) is 0 Å². The topological polar surface area (TPSA) is 24.4 Å². The van der Waals surface area contributed by atoms with Crippen LogP contribution in [0, 0.1) is 0 Å². The number of hydrogen-bond donors (Lipinski definition) is 1. The minimum absolute atomic E-state index is 0.107.